The van der Waals surface area contributed by atoms with Crippen LogP contribution in [0, 0.1) is 11.8 Å². The monoisotopic (exact) mass is 282 g/mol. The fourth-order valence-corrected chi connectivity index (χ4v) is 3.13. The van der Waals surface area contributed by atoms with E-state index in [1.54, 1.807) is 4.90 Å². The van der Waals surface area contributed by atoms with Gasteiger partial charge in [0.05, 0.1) is 0 Å². The van der Waals surface area contributed by atoms with E-state index in [9.17, 15) is 9.59 Å². The third kappa shape index (κ3) is 3.12. The second kappa shape index (κ2) is 5.69. The molecule has 1 aliphatic rings. The van der Waals surface area contributed by atoms with Crippen molar-refractivity contribution in [2.45, 2.75) is 26.7 Å². The molecule has 19 heavy (non-hydrogen) atoms. The standard InChI is InChI=1S/C13H18N2O3S/c1-8(2)9-3-5-15(6-4-9)12(16)11-14-10(7-19-11)13(17)18/h7-9H,3-6H2,1-2H3,(H,17,18). The molecule has 0 atom stereocenters. The Kier molecular flexibility index (Phi) is 4.19. The molecule has 0 bridgehead atoms. The van der Waals surface area contributed by atoms with Gasteiger partial charge in [0.15, 0.2) is 10.7 Å². The van der Waals surface area contributed by atoms with Crippen LogP contribution in [-0.4, -0.2) is 40.0 Å². The lowest BCUT2D eigenvalue weighted by atomic mass is 9.87. The number of carbonyl (C=O) groups excluding carboxylic acids is 1. The minimum atomic E-state index is -1.09. The van der Waals surface area contributed by atoms with Crippen LogP contribution in [0.5, 0.6) is 0 Å². The molecule has 104 valence electrons. The van der Waals surface area contributed by atoms with Gasteiger partial charge in [-0.2, -0.15) is 0 Å². The van der Waals surface area contributed by atoms with E-state index in [1.165, 1.54) is 5.38 Å². The van der Waals surface area contributed by atoms with Gasteiger partial charge < -0.3 is 10.0 Å². The highest BCUT2D eigenvalue weighted by Gasteiger charge is 2.27. The number of carbonyl (C=O) groups is 2. The molecule has 5 nitrogen and oxygen atoms in total. The summed E-state index contributed by atoms with van der Waals surface area (Å²) in [5.74, 6) is 0.0965. The minimum absolute atomic E-state index is 0.0505. The number of carboxylic acids is 1. The molecule has 0 aliphatic carbocycles. The number of nitrogens with zero attached hydrogens (tertiary/aromatic N) is 2. The number of piperidine rings is 1. The molecule has 6 heteroatoms. The highest BCUT2D eigenvalue weighted by atomic mass is 32.1. The largest absolute Gasteiger partial charge is 0.476 e. The molecule has 1 aromatic heterocycles. The van der Waals surface area contributed by atoms with Crippen molar-refractivity contribution in [2.24, 2.45) is 11.8 Å². The molecule has 0 aromatic carbocycles. The number of thiazole rings is 1. The summed E-state index contributed by atoms with van der Waals surface area (Å²) in [6.45, 7) is 5.90. The molecule has 1 aromatic rings. The summed E-state index contributed by atoms with van der Waals surface area (Å²) < 4.78 is 0. The highest BCUT2D eigenvalue weighted by Crippen LogP contribution is 2.25. The molecule has 1 amide bonds. The topological polar surface area (TPSA) is 70.5 Å². The number of carboxylic acid groups (broad SMARTS) is 1. The molecule has 2 heterocycles. The molecule has 0 saturated carbocycles. The summed E-state index contributed by atoms with van der Waals surface area (Å²) in [5, 5.41) is 10.5. The second-order valence-electron chi connectivity index (χ2n) is 5.22. The van der Waals surface area contributed by atoms with Crippen LogP contribution in [-0.2, 0) is 0 Å². The summed E-state index contributed by atoms with van der Waals surface area (Å²) in [6, 6.07) is 0. The zero-order valence-corrected chi connectivity index (χ0v) is 11.9. The average molecular weight is 282 g/mol. The normalized spacial score (nSPS) is 16.9. The van der Waals surface area contributed by atoms with E-state index in [4.69, 9.17) is 5.11 Å². The van der Waals surface area contributed by atoms with Gasteiger partial charge in [-0.3, -0.25) is 4.79 Å². The van der Waals surface area contributed by atoms with Crippen molar-refractivity contribution in [1.82, 2.24) is 9.88 Å². The smallest absolute Gasteiger partial charge is 0.355 e. The van der Waals surface area contributed by atoms with Gasteiger partial charge >= 0.3 is 5.97 Å². The van der Waals surface area contributed by atoms with Crippen molar-refractivity contribution in [2.75, 3.05) is 13.1 Å². The lowest BCUT2D eigenvalue weighted by molar-refractivity contribution is 0.0666. The molecule has 2 rings (SSSR count). The van der Waals surface area contributed by atoms with Gasteiger partial charge in [0.1, 0.15) is 0 Å². The molecule has 0 unspecified atom stereocenters. The Hall–Kier alpha value is -1.43. The van der Waals surface area contributed by atoms with Crippen LogP contribution in [0.2, 0.25) is 0 Å². The lowest BCUT2D eigenvalue weighted by Crippen LogP contribution is -2.39. The van der Waals surface area contributed by atoms with Gasteiger partial charge in [-0.25, -0.2) is 9.78 Å². The molecule has 0 radical (unpaired) electrons. The van der Waals surface area contributed by atoms with Gasteiger partial charge in [-0.05, 0) is 24.7 Å². The van der Waals surface area contributed by atoms with Crippen LogP contribution in [0.1, 0.15) is 47.0 Å². The number of rotatable bonds is 3. The van der Waals surface area contributed by atoms with Gasteiger partial charge in [0.25, 0.3) is 5.91 Å². The summed E-state index contributed by atoms with van der Waals surface area (Å²) in [6.07, 6.45) is 2.03. The van der Waals surface area contributed by atoms with Crippen LogP contribution in [0.25, 0.3) is 0 Å². The van der Waals surface area contributed by atoms with Crippen molar-refractivity contribution in [3.63, 3.8) is 0 Å². The number of hydrogen-bond donors (Lipinski definition) is 1. The van der Waals surface area contributed by atoms with Crippen LogP contribution >= 0.6 is 11.3 Å². The zero-order chi connectivity index (χ0) is 14.0. The first-order chi connectivity index (χ1) is 8.99. The zero-order valence-electron chi connectivity index (χ0n) is 11.1. The Labute approximate surface area is 116 Å². The highest BCUT2D eigenvalue weighted by molar-refractivity contribution is 7.11. The number of amides is 1. The van der Waals surface area contributed by atoms with E-state index in [0.717, 1.165) is 37.3 Å². The summed E-state index contributed by atoms with van der Waals surface area (Å²) in [4.78, 5) is 28.6. The van der Waals surface area contributed by atoms with Crippen LogP contribution < -0.4 is 0 Å². The Morgan fingerprint density at radius 1 is 1.42 bits per heavy atom. The first-order valence-corrected chi connectivity index (χ1v) is 7.35. The summed E-state index contributed by atoms with van der Waals surface area (Å²) in [7, 11) is 0. The van der Waals surface area contributed by atoms with Crippen molar-refractivity contribution in [3.05, 3.63) is 16.1 Å². The van der Waals surface area contributed by atoms with E-state index < -0.39 is 5.97 Å². The predicted octanol–water partition coefficient (Wildman–Crippen LogP) is 2.35. The van der Waals surface area contributed by atoms with Crippen molar-refractivity contribution in [3.8, 4) is 0 Å². The molecule has 1 fully saturated rings. The third-order valence-electron chi connectivity index (χ3n) is 3.68. The molecule has 1 saturated heterocycles. The van der Waals surface area contributed by atoms with Gasteiger partial charge in [-0.1, -0.05) is 13.8 Å². The van der Waals surface area contributed by atoms with Gasteiger partial charge in [0.2, 0.25) is 0 Å². The number of likely N-dealkylation sites (tertiary alicyclic amines) is 1. The SMILES string of the molecule is CC(C)C1CCN(C(=O)c2nc(C(=O)O)cs2)CC1. The first-order valence-electron chi connectivity index (χ1n) is 6.47. The van der Waals surface area contributed by atoms with E-state index in [-0.39, 0.29) is 16.6 Å². The Morgan fingerprint density at radius 2 is 2.05 bits per heavy atom. The summed E-state index contributed by atoms with van der Waals surface area (Å²) >= 11 is 1.10. The minimum Gasteiger partial charge on any atom is -0.476 e. The molecular formula is C13H18N2O3S. The molecule has 1 N–H and O–H groups in total. The maximum absolute atomic E-state index is 12.2. The predicted molar refractivity (Wildman–Crippen MR) is 72.5 cm³/mol. The Bertz CT molecular complexity index is 476. The van der Waals surface area contributed by atoms with E-state index in [0.29, 0.717) is 11.8 Å². The number of hydrogen-bond acceptors (Lipinski definition) is 4. The average Bonchev–Trinajstić information content (AvgIpc) is 2.87. The fraction of sp³-hybridized carbons (Fsp3) is 0.615. The fourth-order valence-electron chi connectivity index (χ4n) is 2.37. The Balaban J connectivity index is 1.99. The number of aromatic carboxylic acids is 1. The molecule has 1 aliphatic heterocycles. The van der Waals surface area contributed by atoms with Crippen molar-refractivity contribution in [1.29, 1.82) is 0 Å². The van der Waals surface area contributed by atoms with Gasteiger partial charge in [0, 0.05) is 18.5 Å². The van der Waals surface area contributed by atoms with Crippen LogP contribution in [0.4, 0.5) is 0 Å². The van der Waals surface area contributed by atoms with E-state index in [2.05, 4.69) is 18.8 Å². The lowest BCUT2D eigenvalue weighted by Gasteiger charge is -2.33. The van der Waals surface area contributed by atoms with Crippen LogP contribution in [0.3, 0.4) is 0 Å². The first kappa shape index (κ1) is 14.0. The van der Waals surface area contributed by atoms with E-state index in [1.807, 2.05) is 0 Å². The third-order valence-corrected chi connectivity index (χ3v) is 4.51. The van der Waals surface area contributed by atoms with E-state index >= 15 is 0 Å². The van der Waals surface area contributed by atoms with Crippen LogP contribution in [0.15, 0.2) is 5.38 Å². The quantitative estimate of drug-likeness (QED) is 0.923. The maximum atomic E-state index is 12.2. The van der Waals surface area contributed by atoms with Gasteiger partial charge in [-0.15, -0.1) is 11.3 Å². The van der Waals surface area contributed by atoms with Crippen molar-refractivity contribution < 1.29 is 14.7 Å². The maximum Gasteiger partial charge on any atom is 0.355 e. The number of aromatic nitrogens is 1. The van der Waals surface area contributed by atoms with Crippen molar-refractivity contribution >= 4 is 23.2 Å². The molecule has 0 spiro atoms. The Morgan fingerprint density at radius 3 is 2.53 bits per heavy atom. The second-order valence-corrected chi connectivity index (χ2v) is 6.07. The summed E-state index contributed by atoms with van der Waals surface area (Å²) in [5.41, 5.74) is -0.0505. The molecular weight excluding hydrogens is 264 g/mol.